The molecule has 0 bridgehead atoms. The Bertz CT molecular complexity index is 626. The number of hydrogen-bond donors (Lipinski definition) is 1. The molecule has 0 spiro atoms. The van der Waals surface area contributed by atoms with Gasteiger partial charge in [-0.05, 0) is 12.5 Å². The largest absolute Gasteiger partial charge is 0.494 e. The van der Waals surface area contributed by atoms with Crippen LogP contribution in [0, 0.1) is 10.1 Å². The van der Waals surface area contributed by atoms with Gasteiger partial charge in [0.1, 0.15) is 17.1 Å². The third kappa shape index (κ3) is 2.59. The van der Waals surface area contributed by atoms with Crippen molar-refractivity contribution in [3.63, 3.8) is 0 Å². The predicted octanol–water partition coefficient (Wildman–Crippen LogP) is 1.63. The van der Waals surface area contributed by atoms with Crippen LogP contribution in [0.3, 0.4) is 0 Å². The Labute approximate surface area is 114 Å². The van der Waals surface area contributed by atoms with Crippen LogP contribution in [0.4, 0.5) is 5.69 Å². The van der Waals surface area contributed by atoms with Crippen molar-refractivity contribution in [2.75, 3.05) is 7.11 Å². The molecule has 1 aromatic heterocycles. The summed E-state index contributed by atoms with van der Waals surface area (Å²) >= 11 is 0. The van der Waals surface area contributed by atoms with Gasteiger partial charge in [0.05, 0.1) is 24.3 Å². The molecule has 0 fully saturated rings. The summed E-state index contributed by atoms with van der Waals surface area (Å²) in [7, 11) is 1.46. The van der Waals surface area contributed by atoms with Gasteiger partial charge in [-0.15, -0.1) is 5.10 Å². The Morgan fingerprint density at radius 3 is 2.90 bits per heavy atom. The molecule has 2 aromatic rings. The van der Waals surface area contributed by atoms with Gasteiger partial charge in [0.2, 0.25) is 0 Å². The minimum atomic E-state index is -0.714. The number of benzene rings is 1. The maximum atomic E-state index is 10.8. The summed E-state index contributed by atoms with van der Waals surface area (Å²) in [6, 6.07) is 4.18. The number of nitro groups is 1. The average Bonchev–Trinajstić information content (AvgIpc) is 2.95. The average molecular weight is 278 g/mol. The Kier molecular flexibility index (Phi) is 3.94. The Balaban J connectivity index is 2.47. The molecule has 20 heavy (non-hydrogen) atoms. The second-order valence-electron chi connectivity index (χ2n) is 4.13. The third-order valence-electron chi connectivity index (χ3n) is 2.86. The molecule has 0 saturated carbocycles. The molecule has 0 amide bonds. The summed E-state index contributed by atoms with van der Waals surface area (Å²) in [6.07, 6.45) is 1.31. The zero-order chi connectivity index (χ0) is 14.7. The monoisotopic (exact) mass is 278 g/mol. The summed E-state index contributed by atoms with van der Waals surface area (Å²) in [5, 5.41) is 28.2. The Morgan fingerprint density at radius 2 is 2.30 bits per heavy atom. The number of aliphatic hydroxyl groups excluding tert-OH is 1. The van der Waals surface area contributed by atoms with Crippen LogP contribution < -0.4 is 4.74 Å². The number of aliphatic hydroxyl groups is 1. The number of ether oxygens (including phenoxy) is 1. The van der Waals surface area contributed by atoms with Crippen LogP contribution in [0.1, 0.15) is 25.1 Å². The first kappa shape index (κ1) is 13.9. The van der Waals surface area contributed by atoms with E-state index < -0.39 is 11.0 Å². The highest BCUT2D eigenvalue weighted by Gasteiger charge is 2.16. The number of nitro benzene ring substituents is 1. The molecular formula is C12H14N4O4. The van der Waals surface area contributed by atoms with E-state index in [9.17, 15) is 15.2 Å². The first-order valence-corrected chi connectivity index (χ1v) is 6.00. The fourth-order valence-electron chi connectivity index (χ4n) is 1.73. The van der Waals surface area contributed by atoms with Gasteiger partial charge >= 0.3 is 0 Å². The van der Waals surface area contributed by atoms with Gasteiger partial charge in [-0.2, -0.15) is 0 Å². The number of methoxy groups -OCH3 is 1. The molecule has 0 saturated heterocycles. The van der Waals surface area contributed by atoms with Crippen LogP contribution in [0.15, 0.2) is 24.4 Å². The van der Waals surface area contributed by atoms with Gasteiger partial charge in [-0.1, -0.05) is 12.1 Å². The molecule has 8 nitrogen and oxygen atoms in total. The number of non-ortho nitro benzene ring substituents is 1. The molecule has 1 aromatic carbocycles. The van der Waals surface area contributed by atoms with Crippen LogP contribution in [0.2, 0.25) is 0 Å². The summed E-state index contributed by atoms with van der Waals surface area (Å²) in [5.74, 6) is 0.429. The lowest BCUT2D eigenvalue weighted by Gasteiger charge is -2.07. The summed E-state index contributed by atoms with van der Waals surface area (Å²) in [4.78, 5) is 10.3. The molecule has 106 valence electrons. The van der Waals surface area contributed by atoms with Gasteiger partial charge in [-0.25, -0.2) is 4.68 Å². The molecule has 2 rings (SSSR count). The second-order valence-corrected chi connectivity index (χ2v) is 4.13. The SMILES string of the molecule is CCC(O)c1cn(-c2cc([N+](=O)[O-])ccc2OC)nn1. The van der Waals surface area contributed by atoms with Crippen LogP contribution in [0.25, 0.3) is 5.69 Å². The van der Waals surface area contributed by atoms with Crippen molar-refractivity contribution in [3.8, 4) is 11.4 Å². The normalized spacial score (nSPS) is 12.2. The van der Waals surface area contributed by atoms with Gasteiger partial charge in [0, 0.05) is 12.1 Å². The summed E-state index contributed by atoms with van der Waals surface area (Å²) < 4.78 is 6.50. The van der Waals surface area contributed by atoms with Gasteiger partial charge in [-0.3, -0.25) is 10.1 Å². The molecule has 0 aliphatic heterocycles. The minimum Gasteiger partial charge on any atom is -0.494 e. The minimum absolute atomic E-state index is 0.0751. The molecule has 0 aliphatic rings. The number of rotatable bonds is 5. The maximum absolute atomic E-state index is 10.8. The predicted molar refractivity (Wildman–Crippen MR) is 69.8 cm³/mol. The standard InChI is InChI=1S/C12H14N4O4/c1-3-11(17)9-7-15(14-13-9)10-6-8(16(18)19)4-5-12(10)20-2/h4-7,11,17H,3H2,1-2H3. The Morgan fingerprint density at radius 1 is 1.55 bits per heavy atom. The van der Waals surface area contributed by atoms with Gasteiger partial charge in [0.25, 0.3) is 5.69 Å². The van der Waals surface area contributed by atoms with E-state index in [1.165, 1.54) is 36.2 Å². The van der Waals surface area contributed by atoms with Crippen molar-refractivity contribution in [1.82, 2.24) is 15.0 Å². The quantitative estimate of drug-likeness (QED) is 0.658. The first-order valence-electron chi connectivity index (χ1n) is 6.00. The van der Waals surface area contributed by atoms with Crippen LogP contribution in [-0.2, 0) is 0 Å². The molecule has 1 atom stereocenters. The van der Waals surface area contributed by atoms with Crippen molar-refractivity contribution in [3.05, 3.63) is 40.2 Å². The molecule has 0 radical (unpaired) electrons. The first-order chi connectivity index (χ1) is 9.56. The molecular weight excluding hydrogens is 264 g/mol. The molecule has 1 heterocycles. The lowest BCUT2D eigenvalue weighted by Crippen LogP contribution is -2.00. The molecule has 0 aliphatic carbocycles. The van der Waals surface area contributed by atoms with Gasteiger partial charge in [0.15, 0.2) is 0 Å². The van der Waals surface area contributed by atoms with E-state index in [4.69, 9.17) is 4.74 Å². The maximum Gasteiger partial charge on any atom is 0.271 e. The highest BCUT2D eigenvalue weighted by Crippen LogP contribution is 2.27. The van der Waals surface area contributed by atoms with Crippen molar-refractivity contribution in [2.24, 2.45) is 0 Å². The fourth-order valence-corrected chi connectivity index (χ4v) is 1.73. The second kappa shape index (κ2) is 5.66. The lowest BCUT2D eigenvalue weighted by molar-refractivity contribution is -0.384. The van der Waals surface area contributed by atoms with Crippen LogP contribution >= 0.6 is 0 Å². The van der Waals surface area contributed by atoms with Crippen molar-refractivity contribution in [2.45, 2.75) is 19.4 Å². The van der Waals surface area contributed by atoms with E-state index in [0.29, 0.717) is 23.6 Å². The van der Waals surface area contributed by atoms with E-state index in [-0.39, 0.29) is 5.69 Å². The van der Waals surface area contributed by atoms with Gasteiger partial charge < -0.3 is 9.84 Å². The van der Waals surface area contributed by atoms with Crippen LogP contribution in [-0.4, -0.2) is 32.1 Å². The van der Waals surface area contributed by atoms with E-state index in [0.717, 1.165) is 0 Å². The van der Waals surface area contributed by atoms with Crippen LogP contribution in [0.5, 0.6) is 5.75 Å². The smallest absolute Gasteiger partial charge is 0.271 e. The molecule has 8 heteroatoms. The third-order valence-corrected chi connectivity index (χ3v) is 2.86. The molecule has 1 unspecified atom stereocenters. The van der Waals surface area contributed by atoms with Crippen molar-refractivity contribution in [1.29, 1.82) is 0 Å². The van der Waals surface area contributed by atoms with E-state index >= 15 is 0 Å². The fraction of sp³-hybridized carbons (Fsp3) is 0.333. The van der Waals surface area contributed by atoms with Crippen molar-refractivity contribution >= 4 is 5.69 Å². The zero-order valence-corrected chi connectivity index (χ0v) is 11.1. The molecule has 1 N–H and O–H groups in total. The Hall–Kier alpha value is -2.48. The summed E-state index contributed by atoms with van der Waals surface area (Å²) in [5.41, 5.74) is 0.721. The van der Waals surface area contributed by atoms with E-state index in [1.54, 1.807) is 0 Å². The lowest BCUT2D eigenvalue weighted by atomic mass is 10.2. The number of aromatic nitrogens is 3. The topological polar surface area (TPSA) is 103 Å². The number of hydrogen-bond acceptors (Lipinski definition) is 6. The highest BCUT2D eigenvalue weighted by atomic mass is 16.6. The van der Waals surface area contributed by atoms with E-state index in [1.807, 2.05) is 6.92 Å². The highest BCUT2D eigenvalue weighted by molar-refractivity contribution is 5.53. The van der Waals surface area contributed by atoms with E-state index in [2.05, 4.69) is 10.3 Å². The number of nitrogens with zero attached hydrogens (tertiary/aromatic N) is 4. The zero-order valence-electron chi connectivity index (χ0n) is 11.1. The van der Waals surface area contributed by atoms with Crippen molar-refractivity contribution < 1.29 is 14.8 Å². The summed E-state index contributed by atoms with van der Waals surface area (Å²) in [6.45, 7) is 1.82.